The third-order valence-electron chi connectivity index (χ3n) is 4.53. The number of rotatable bonds is 5. The van der Waals surface area contributed by atoms with E-state index < -0.39 is 0 Å². The van der Waals surface area contributed by atoms with Crippen molar-refractivity contribution in [2.75, 3.05) is 27.2 Å². The molecule has 1 fully saturated rings. The van der Waals surface area contributed by atoms with Crippen molar-refractivity contribution >= 4 is 34.4 Å². The molecule has 26 heavy (non-hydrogen) atoms. The molecule has 1 aliphatic heterocycles. The molecular weight excluding hydrogens is 358 g/mol. The molecule has 0 unspecified atom stereocenters. The van der Waals surface area contributed by atoms with Crippen LogP contribution in [0.25, 0.3) is 11.0 Å². The molecule has 1 aromatic carbocycles. The number of hydrogen-bond donors (Lipinski definition) is 2. The van der Waals surface area contributed by atoms with Gasteiger partial charge in [-0.2, -0.15) is 0 Å². The van der Waals surface area contributed by atoms with Gasteiger partial charge in [-0.15, -0.1) is 0 Å². The molecule has 8 heteroatoms. The van der Waals surface area contributed by atoms with Gasteiger partial charge in [-0.3, -0.25) is 14.5 Å². The van der Waals surface area contributed by atoms with E-state index in [0.29, 0.717) is 41.3 Å². The van der Waals surface area contributed by atoms with Crippen molar-refractivity contribution in [3.8, 4) is 5.75 Å². The first kappa shape index (κ1) is 18.5. The second kappa shape index (κ2) is 7.55. The van der Waals surface area contributed by atoms with Gasteiger partial charge in [0.2, 0.25) is 5.91 Å². The minimum Gasteiger partial charge on any atom is -0.493 e. The summed E-state index contributed by atoms with van der Waals surface area (Å²) in [7, 11) is 3.39. The van der Waals surface area contributed by atoms with E-state index in [1.165, 1.54) is 7.11 Å². The normalized spacial score (nSPS) is 20.3. The molecule has 0 saturated carbocycles. The lowest BCUT2D eigenvalue weighted by Gasteiger charge is -2.17. The average Bonchev–Trinajstić information content (AvgIpc) is 3.17. The number of carbonyl (C=O) groups is 2. The van der Waals surface area contributed by atoms with Gasteiger partial charge in [0.1, 0.15) is 0 Å². The van der Waals surface area contributed by atoms with Crippen LogP contribution < -0.4 is 15.4 Å². The van der Waals surface area contributed by atoms with Crippen molar-refractivity contribution in [2.45, 2.75) is 25.4 Å². The van der Waals surface area contributed by atoms with E-state index >= 15 is 0 Å². The maximum Gasteiger partial charge on any atom is 0.287 e. The van der Waals surface area contributed by atoms with E-state index in [1.54, 1.807) is 18.2 Å². The Hall–Kier alpha value is -2.25. The lowest BCUT2D eigenvalue weighted by Crippen LogP contribution is -2.41. The van der Waals surface area contributed by atoms with Gasteiger partial charge in [-0.1, -0.05) is 11.6 Å². The summed E-state index contributed by atoms with van der Waals surface area (Å²) in [6, 6.07) is 4.62. The Bertz CT molecular complexity index is 835. The zero-order chi connectivity index (χ0) is 18.8. The highest BCUT2D eigenvalue weighted by molar-refractivity contribution is 6.31. The maximum atomic E-state index is 12.6. The van der Waals surface area contributed by atoms with E-state index in [2.05, 4.69) is 10.6 Å². The lowest BCUT2D eigenvalue weighted by atomic mass is 10.1. The topological polar surface area (TPSA) is 83.8 Å². The first-order valence-corrected chi connectivity index (χ1v) is 8.86. The number of benzene rings is 1. The van der Waals surface area contributed by atoms with Gasteiger partial charge in [0, 0.05) is 35.6 Å². The molecule has 2 amide bonds. The van der Waals surface area contributed by atoms with E-state index in [-0.39, 0.29) is 29.7 Å². The number of amides is 2. The second-order valence-electron chi connectivity index (χ2n) is 6.39. The van der Waals surface area contributed by atoms with Crippen molar-refractivity contribution in [1.29, 1.82) is 0 Å². The third-order valence-corrected chi connectivity index (χ3v) is 4.75. The SMILES string of the molecule is CCNC(=O)[C@@H]1C[C@H](NC(=O)c2cc3cc(Cl)cc(OC)c3o2)CN1C. The van der Waals surface area contributed by atoms with Gasteiger partial charge in [0.25, 0.3) is 5.91 Å². The number of nitrogens with zero attached hydrogens (tertiary/aromatic N) is 1. The summed E-state index contributed by atoms with van der Waals surface area (Å²) in [5.41, 5.74) is 0.478. The summed E-state index contributed by atoms with van der Waals surface area (Å²) in [5, 5.41) is 6.96. The second-order valence-corrected chi connectivity index (χ2v) is 6.83. The van der Waals surface area contributed by atoms with Crippen LogP contribution in [0.1, 0.15) is 23.9 Å². The molecule has 7 nitrogen and oxygen atoms in total. The number of hydrogen-bond acceptors (Lipinski definition) is 5. The molecule has 2 aromatic rings. The molecule has 2 N–H and O–H groups in total. The minimum atomic E-state index is -0.325. The first-order valence-electron chi connectivity index (χ1n) is 8.48. The van der Waals surface area contributed by atoms with Gasteiger partial charge in [-0.25, -0.2) is 0 Å². The van der Waals surface area contributed by atoms with Crippen LogP contribution in [0.2, 0.25) is 5.02 Å². The summed E-state index contributed by atoms with van der Waals surface area (Å²) in [5.74, 6) is 0.317. The highest BCUT2D eigenvalue weighted by Crippen LogP contribution is 2.32. The molecule has 1 aromatic heterocycles. The van der Waals surface area contributed by atoms with Crippen molar-refractivity contribution in [1.82, 2.24) is 15.5 Å². The fourth-order valence-electron chi connectivity index (χ4n) is 3.31. The van der Waals surface area contributed by atoms with Crippen LogP contribution >= 0.6 is 11.6 Å². The third kappa shape index (κ3) is 3.64. The van der Waals surface area contributed by atoms with Crippen LogP contribution in [0.5, 0.6) is 5.75 Å². The molecule has 0 radical (unpaired) electrons. The van der Waals surface area contributed by atoms with E-state index in [4.69, 9.17) is 20.8 Å². The van der Waals surface area contributed by atoms with Crippen LogP contribution in [0.4, 0.5) is 0 Å². The van der Waals surface area contributed by atoms with Gasteiger partial charge >= 0.3 is 0 Å². The van der Waals surface area contributed by atoms with Crippen LogP contribution in [0.15, 0.2) is 22.6 Å². The fraction of sp³-hybridized carbons (Fsp3) is 0.444. The maximum absolute atomic E-state index is 12.6. The molecule has 2 heterocycles. The fourth-order valence-corrected chi connectivity index (χ4v) is 3.53. The predicted octanol–water partition coefficient (Wildman–Crippen LogP) is 2.03. The minimum absolute atomic E-state index is 0.0186. The summed E-state index contributed by atoms with van der Waals surface area (Å²) in [6.45, 7) is 3.07. The molecule has 0 aliphatic carbocycles. The number of likely N-dealkylation sites (N-methyl/N-ethyl adjacent to an activating group) is 2. The van der Waals surface area contributed by atoms with Gasteiger partial charge in [0.05, 0.1) is 13.2 Å². The Morgan fingerprint density at radius 1 is 1.38 bits per heavy atom. The smallest absolute Gasteiger partial charge is 0.287 e. The molecule has 0 spiro atoms. The Kier molecular flexibility index (Phi) is 5.38. The zero-order valence-corrected chi connectivity index (χ0v) is 15.7. The van der Waals surface area contributed by atoms with Crippen molar-refractivity contribution < 1.29 is 18.7 Å². The van der Waals surface area contributed by atoms with Gasteiger partial charge < -0.3 is 19.8 Å². The number of likely N-dealkylation sites (tertiary alicyclic amines) is 1. The number of carbonyl (C=O) groups excluding carboxylic acids is 2. The van der Waals surface area contributed by atoms with Crippen LogP contribution in [-0.4, -0.2) is 56.0 Å². The van der Waals surface area contributed by atoms with Crippen LogP contribution in [0.3, 0.4) is 0 Å². The van der Waals surface area contributed by atoms with Crippen LogP contribution in [0, 0.1) is 0 Å². The summed E-state index contributed by atoms with van der Waals surface area (Å²) in [4.78, 5) is 26.6. The number of halogens is 1. The van der Waals surface area contributed by atoms with Crippen LogP contribution in [-0.2, 0) is 4.79 Å². The Morgan fingerprint density at radius 2 is 2.15 bits per heavy atom. The van der Waals surface area contributed by atoms with Crippen molar-refractivity contribution in [3.63, 3.8) is 0 Å². The Balaban J connectivity index is 1.73. The van der Waals surface area contributed by atoms with E-state index in [1.807, 2.05) is 18.9 Å². The van der Waals surface area contributed by atoms with Gasteiger partial charge in [0.15, 0.2) is 17.1 Å². The predicted molar refractivity (Wildman–Crippen MR) is 98.7 cm³/mol. The highest BCUT2D eigenvalue weighted by Gasteiger charge is 2.35. The first-order chi connectivity index (χ1) is 12.4. The summed E-state index contributed by atoms with van der Waals surface area (Å²) in [6.07, 6.45) is 0.559. The summed E-state index contributed by atoms with van der Waals surface area (Å²) >= 11 is 6.05. The average molecular weight is 380 g/mol. The monoisotopic (exact) mass is 379 g/mol. The molecule has 1 aliphatic rings. The number of furan rings is 1. The van der Waals surface area contributed by atoms with E-state index in [9.17, 15) is 9.59 Å². The van der Waals surface area contributed by atoms with Crippen molar-refractivity contribution in [3.05, 3.63) is 29.0 Å². The molecule has 0 bridgehead atoms. The zero-order valence-electron chi connectivity index (χ0n) is 15.0. The molecular formula is C18H22ClN3O4. The number of fused-ring (bicyclic) bond motifs is 1. The quantitative estimate of drug-likeness (QED) is 0.830. The standard InChI is InChI=1S/C18H22ClN3O4/c1-4-20-17(23)13-8-12(9-22(13)2)21-18(24)15-6-10-5-11(19)7-14(25-3)16(10)26-15/h5-7,12-13H,4,8-9H2,1-3H3,(H,20,23)(H,21,24)/t12-,13-/m0/s1. The summed E-state index contributed by atoms with van der Waals surface area (Å²) < 4.78 is 10.9. The molecule has 2 atom stereocenters. The largest absolute Gasteiger partial charge is 0.493 e. The van der Waals surface area contributed by atoms with Gasteiger partial charge in [-0.05, 0) is 32.5 Å². The van der Waals surface area contributed by atoms with Crippen molar-refractivity contribution in [2.24, 2.45) is 0 Å². The Labute approximate surface area is 156 Å². The molecule has 3 rings (SSSR count). The molecule has 1 saturated heterocycles. The highest BCUT2D eigenvalue weighted by atomic mass is 35.5. The lowest BCUT2D eigenvalue weighted by molar-refractivity contribution is -0.124. The number of nitrogens with one attached hydrogen (secondary N) is 2. The number of ether oxygens (including phenoxy) is 1. The number of methoxy groups -OCH3 is 1. The van der Waals surface area contributed by atoms with E-state index in [0.717, 1.165) is 0 Å². The Morgan fingerprint density at radius 3 is 2.85 bits per heavy atom. The molecule has 140 valence electrons.